The number of esters is 1. The Morgan fingerprint density at radius 3 is 2.42 bits per heavy atom. The number of nitrogens with one attached hydrogen (secondary N) is 1. The number of methoxy groups -OCH3 is 1. The summed E-state index contributed by atoms with van der Waals surface area (Å²) in [4.78, 5) is 12.1. The third-order valence-electron chi connectivity index (χ3n) is 3.41. The van der Waals surface area contributed by atoms with Crippen molar-refractivity contribution in [2.45, 2.75) is 0 Å². The van der Waals surface area contributed by atoms with Crippen LogP contribution in [0.1, 0.15) is 16.1 Å². The zero-order valence-corrected chi connectivity index (χ0v) is 13.1. The van der Waals surface area contributed by atoms with Crippen LogP contribution in [0, 0.1) is 0 Å². The molecule has 24 heavy (non-hydrogen) atoms. The van der Waals surface area contributed by atoms with Crippen LogP contribution in [0.5, 0.6) is 0 Å². The molecule has 0 atom stereocenters. The van der Waals surface area contributed by atoms with Crippen molar-refractivity contribution >= 4 is 17.7 Å². The van der Waals surface area contributed by atoms with Crippen LogP contribution in [0.2, 0.25) is 0 Å². The highest BCUT2D eigenvalue weighted by molar-refractivity contribution is 5.99. The quantitative estimate of drug-likeness (QED) is 0.713. The first kappa shape index (κ1) is 15.6. The van der Waals surface area contributed by atoms with E-state index in [-0.39, 0.29) is 0 Å². The van der Waals surface area contributed by atoms with Gasteiger partial charge < -0.3 is 14.6 Å². The summed E-state index contributed by atoms with van der Waals surface area (Å²) in [6.07, 6.45) is 3.34. The summed E-state index contributed by atoms with van der Waals surface area (Å²) in [5, 5.41) is 7.13. The Morgan fingerprint density at radius 1 is 1.08 bits per heavy atom. The maximum absolute atomic E-state index is 12.1. The Labute approximate surface area is 139 Å². The van der Waals surface area contributed by atoms with E-state index in [1.54, 1.807) is 12.3 Å². The molecule has 5 nitrogen and oxygen atoms in total. The molecule has 3 rings (SSSR count). The second kappa shape index (κ2) is 7.28. The molecule has 0 amide bonds. The highest BCUT2D eigenvalue weighted by Crippen LogP contribution is 2.27. The Kier molecular flexibility index (Phi) is 4.72. The second-order valence-corrected chi connectivity index (χ2v) is 4.97. The van der Waals surface area contributed by atoms with E-state index in [1.165, 1.54) is 7.11 Å². The number of anilines is 1. The summed E-state index contributed by atoms with van der Waals surface area (Å²) in [7, 11) is 1.33. The first-order valence-electron chi connectivity index (χ1n) is 7.41. The van der Waals surface area contributed by atoms with Crippen molar-refractivity contribution in [1.82, 2.24) is 5.16 Å². The summed E-state index contributed by atoms with van der Waals surface area (Å²) in [6, 6.07) is 19.0. The van der Waals surface area contributed by atoms with Gasteiger partial charge in [-0.25, -0.2) is 4.79 Å². The van der Waals surface area contributed by atoms with Gasteiger partial charge in [0.05, 0.1) is 7.11 Å². The standard InChI is InChI=1S/C19H16N2O3/c1-23-19(22)17-16(12-13-20-15-10-6-3-7-11-15)24-21-18(17)14-8-4-2-5-9-14/h2-13,20H,1H3/b13-12+. The maximum Gasteiger partial charge on any atom is 0.344 e. The van der Waals surface area contributed by atoms with Crippen LogP contribution in [-0.4, -0.2) is 18.2 Å². The number of carbonyl (C=O) groups excluding carboxylic acids is 1. The molecule has 120 valence electrons. The van der Waals surface area contributed by atoms with E-state index in [4.69, 9.17) is 9.26 Å². The minimum atomic E-state index is -0.491. The lowest BCUT2D eigenvalue weighted by Gasteiger charge is -2.01. The highest BCUT2D eigenvalue weighted by atomic mass is 16.5. The zero-order chi connectivity index (χ0) is 16.8. The molecule has 1 heterocycles. The number of hydrogen-bond donors (Lipinski definition) is 1. The molecule has 5 heteroatoms. The molecule has 0 aliphatic heterocycles. The monoisotopic (exact) mass is 320 g/mol. The van der Waals surface area contributed by atoms with Gasteiger partial charge in [-0.3, -0.25) is 0 Å². The van der Waals surface area contributed by atoms with E-state index in [0.717, 1.165) is 11.3 Å². The minimum Gasteiger partial charge on any atom is -0.465 e. The Bertz CT molecular complexity index is 840. The van der Waals surface area contributed by atoms with Gasteiger partial charge in [-0.15, -0.1) is 0 Å². The van der Waals surface area contributed by atoms with Crippen LogP contribution in [0.4, 0.5) is 5.69 Å². The minimum absolute atomic E-state index is 0.301. The van der Waals surface area contributed by atoms with Crippen LogP contribution >= 0.6 is 0 Å². The first-order valence-corrected chi connectivity index (χ1v) is 7.41. The molecular formula is C19H16N2O3. The fourth-order valence-electron chi connectivity index (χ4n) is 2.26. The van der Waals surface area contributed by atoms with Crippen LogP contribution < -0.4 is 5.32 Å². The molecule has 0 saturated heterocycles. The summed E-state index contributed by atoms with van der Waals surface area (Å²) in [6.45, 7) is 0. The average molecular weight is 320 g/mol. The number of ether oxygens (including phenoxy) is 1. The van der Waals surface area contributed by atoms with Crippen molar-refractivity contribution in [3.05, 3.63) is 78.2 Å². The van der Waals surface area contributed by atoms with Gasteiger partial charge in [0.25, 0.3) is 0 Å². The van der Waals surface area contributed by atoms with E-state index in [2.05, 4.69) is 10.5 Å². The summed E-state index contributed by atoms with van der Waals surface area (Å²) in [5.41, 5.74) is 2.48. The van der Waals surface area contributed by atoms with Gasteiger partial charge in [0, 0.05) is 23.5 Å². The van der Waals surface area contributed by atoms with Crippen LogP contribution in [0.3, 0.4) is 0 Å². The molecule has 0 fully saturated rings. The number of aromatic nitrogens is 1. The molecule has 0 spiro atoms. The van der Waals surface area contributed by atoms with Crippen molar-refractivity contribution in [1.29, 1.82) is 0 Å². The van der Waals surface area contributed by atoms with Gasteiger partial charge in [0.2, 0.25) is 0 Å². The van der Waals surface area contributed by atoms with Gasteiger partial charge in [-0.2, -0.15) is 0 Å². The molecule has 0 radical (unpaired) electrons. The lowest BCUT2D eigenvalue weighted by atomic mass is 10.1. The molecule has 0 aliphatic carbocycles. The van der Waals surface area contributed by atoms with E-state index in [0.29, 0.717) is 17.0 Å². The molecule has 2 aromatic carbocycles. The van der Waals surface area contributed by atoms with E-state index in [1.807, 2.05) is 60.7 Å². The third kappa shape index (κ3) is 3.35. The maximum atomic E-state index is 12.1. The van der Waals surface area contributed by atoms with Gasteiger partial charge in [0.1, 0.15) is 11.3 Å². The van der Waals surface area contributed by atoms with Crippen molar-refractivity contribution in [2.75, 3.05) is 12.4 Å². The zero-order valence-electron chi connectivity index (χ0n) is 13.1. The SMILES string of the molecule is COC(=O)c1c(-c2ccccc2)noc1/C=C/Nc1ccccc1. The fourth-order valence-corrected chi connectivity index (χ4v) is 2.26. The number of carbonyl (C=O) groups is 1. The number of para-hydroxylation sites is 1. The van der Waals surface area contributed by atoms with Crippen LogP contribution in [0.15, 0.2) is 71.4 Å². The lowest BCUT2D eigenvalue weighted by Crippen LogP contribution is -2.03. The molecule has 0 aliphatic rings. The van der Waals surface area contributed by atoms with Gasteiger partial charge in [0.15, 0.2) is 5.76 Å². The normalized spacial score (nSPS) is 10.7. The smallest absolute Gasteiger partial charge is 0.344 e. The Hall–Kier alpha value is -3.34. The predicted octanol–water partition coefficient (Wildman–Crippen LogP) is 4.21. The second-order valence-electron chi connectivity index (χ2n) is 4.97. The fraction of sp³-hybridized carbons (Fsp3) is 0.0526. The summed E-state index contributed by atoms with van der Waals surface area (Å²) < 4.78 is 10.2. The van der Waals surface area contributed by atoms with Crippen molar-refractivity contribution < 1.29 is 14.1 Å². The molecule has 1 aromatic heterocycles. The number of hydrogen-bond acceptors (Lipinski definition) is 5. The van der Waals surface area contributed by atoms with Gasteiger partial charge in [-0.1, -0.05) is 53.7 Å². The molecule has 0 unspecified atom stereocenters. The van der Waals surface area contributed by atoms with E-state index < -0.39 is 5.97 Å². The molecule has 0 saturated carbocycles. The highest BCUT2D eigenvalue weighted by Gasteiger charge is 2.23. The number of nitrogens with zero attached hydrogens (tertiary/aromatic N) is 1. The van der Waals surface area contributed by atoms with E-state index >= 15 is 0 Å². The summed E-state index contributed by atoms with van der Waals surface area (Å²) >= 11 is 0. The Balaban J connectivity index is 1.91. The Morgan fingerprint density at radius 2 is 1.75 bits per heavy atom. The van der Waals surface area contributed by atoms with Gasteiger partial charge >= 0.3 is 5.97 Å². The first-order chi connectivity index (χ1) is 11.8. The lowest BCUT2D eigenvalue weighted by molar-refractivity contribution is 0.0600. The number of rotatable bonds is 5. The van der Waals surface area contributed by atoms with E-state index in [9.17, 15) is 4.79 Å². The van der Waals surface area contributed by atoms with Gasteiger partial charge in [-0.05, 0) is 12.1 Å². The number of benzene rings is 2. The molecule has 0 bridgehead atoms. The molecule has 1 N–H and O–H groups in total. The third-order valence-corrected chi connectivity index (χ3v) is 3.41. The summed E-state index contributed by atoms with van der Waals surface area (Å²) in [5.74, 6) is -0.154. The largest absolute Gasteiger partial charge is 0.465 e. The van der Waals surface area contributed by atoms with Crippen molar-refractivity contribution in [3.63, 3.8) is 0 Å². The predicted molar refractivity (Wildman–Crippen MR) is 92.4 cm³/mol. The average Bonchev–Trinajstić information content (AvgIpc) is 3.06. The molecule has 3 aromatic rings. The van der Waals surface area contributed by atoms with Crippen molar-refractivity contribution in [3.8, 4) is 11.3 Å². The van der Waals surface area contributed by atoms with Crippen LogP contribution in [-0.2, 0) is 4.74 Å². The molecular weight excluding hydrogens is 304 g/mol. The topological polar surface area (TPSA) is 64.4 Å². The van der Waals surface area contributed by atoms with Crippen molar-refractivity contribution in [2.24, 2.45) is 0 Å². The van der Waals surface area contributed by atoms with Crippen LogP contribution in [0.25, 0.3) is 17.3 Å².